The maximum Gasteiger partial charge on any atom is 0.366 e. The summed E-state index contributed by atoms with van der Waals surface area (Å²) in [5.41, 5.74) is 2.09. The first-order valence-corrected chi connectivity index (χ1v) is 10.4. The number of fused-ring (bicyclic) bond motifs is 1. The molecule has 170 valence electrons. The molecule has 0 amide bonds. The minimum atomic E-state index is -0.505. The van der Waals surface area contributed by atoms with Crippen LogP contribution in [0.5, 0.6) is 0 Å². The molecule has 5 rings (SSSR count). The van der Waals surface area contributed by atoms with Crippen molar-refractivity contribution in [2.24, 2.45) is 0 Å². The second-order valence-corrected chi connectivity index (χ2v) is 7.43. The first-order chi connectivity index (χ1) is 16.6. The fraction of sp³-hybridized carbons (Fsp3) is 0.130. The lowest BCUT2D eigenvalue weighted by Crippen LogP contribution is -2.17. The number of aliphatic hydroxyl groups excluding tert-OH is 1. The van der Waals surface area contributed by atoms with Gasteiger partial charge in [-0.05, 0) is 30.7 Å². The summed E-state index contributed by atoms with van der Waals surface area (Å²) in [4.78, 5) is 20.9. The smallest absolute Gasteiger partial charge is 0.366 e. The minimum absolute atomic E-state index is 0.167. The van der Waals surface area contributed by atoms with E-state index in [1.54, 1.807) is 31.3 Å². The lowest BCUT2D eigenvalue weighted by molar-refractivity contribution is 0.276. The Morgan fingerprint density at radius 2 is 1.97 bits per heavy atom. The zero-order chi connectivity index (χ0) is 23.5. The van der Waals surface area contributed by atoms with Gasteiger partial charge in [0.1, 0.15) is 5.82 Å². The summed E-state index contributed by atoms with van der Waals surface area (Å²) in [6.07, 6.45) is 2.76. The molecule has 11 heteroatoms. The molecule has 0 saturated heterocycles. The Morgan fingerprint density at radius 3 is 2.74 bits per heavy atom. The molecule has 34 heavy (non-hydrogen) atoms. The standard InChI is InChI=1S/C23H19N7O4/c1-13-17-9-15(7-8-16(17)22(32)34-30-13)26-23-24-10-18(21-29-25-12-33-21)20(28-23)27-19(11-31)14-5-3-2-4-6-14/h2-10,12,19,31H,11H2,1H3,(H2,24,26,27,28)/t19-/m1/s1. The summed E-state index contributed by atoms with van der Waals surface area (Å²) in [5.74, 6) is 0.908. The lowest BCUT2D eigenvalue weighted by atomic mass is 10.1. The van der Waals surface area contributed by atoms with Crippen molar-refractivity contribution in [3.8, 4) is 11.5 Å². The average Bonchev–Trinajstić information content (AvgIpc) is 3.40. The summed E-state index contributed by atoms with van der Waals surface area (Å²) in [6.45, 7) is 1.59. The highest BCUT2D eigenvalue weighted by atomic mass is 16.5. The van der Waals surface area contributed by atoms with E-state index in [1.807, 2.05) is 30.3 Å². The largest absolute Gasteiger partial charge is 0.423 e. The number of nitrogens with one attached hydrogen (secondary N) is 2. The van der Waals surface area contributed by atoms with Crippen LogP contribution in [0.25, 0.3) is 22.2 Å². The van der Waals surface area contributed by atoms with E-state index >= 15 is 0 Å². The van der Waals surface area contributed by atoms with Crippen LogP contribution in [0.2, 0.25) is 0 Å². The Hall–Kier alpha value is -4.64. The van der Waals surface area contributed by atoms with Gasteiger partial charge in [0.05, 0.1) is 29.3 Å². The fourth-order valence-electron chi connectivity index (χ4n) is 3.52. The Labute approximate surface area is 192 Å². The molecule has 3 heterocycles. The molecule has 0 unspecified atom stereocenters. The van der Waals surface area contributed by atoms with Crippen LogP contribution in [-0.4, -0.2) is 37.0 Å². The molecule has 0 bridgehead atoms. The molecule has 0 aliphatic heterocycles. The van der Waals surface area contributed by atoms with Gasteiger partial charge in [-0.3, -0.25) is 0 Å². The molecule has 0 saturated carbocycles. The third-order valence-corrected chi connectivity index (χ3v) is 5.23. The molecular formula is C23H19N7O4. The van der Waals surface area contributed by atoms with Crippen molar-refractivity contribution < 1.29 is 14.0 Å². The molecule has 11 nitrogen and oxygen atoms in total. The molecule has 3 N–H and O–H groups in total. The van der Waals surface area contributed by atoms with Crippen molar-refractivity contribution in [1.29, 1.82) is 0 Å². The summed E-state index contributed by atoms with van der Waals surface area (Å²) in [7, 11) is 0. The van der Waals surface area contributed by atoms with Gasteiger partial charge in [-0.1, -0.05) is 35.5 Å². The molecule has 5 aromatic rings. The summed E-state index contributed by atoms with van der Waals surface area (Å²) in [5, 5.41) is 28.9. The number of rotatable bonds is 7. The van der Waals surface area contributed by atoms with Gasteiger partial charge in [-0.25, -0.2) is 9.78 Å². The maximum atomic E-state index is 11.9. The molecule has 0 fully saturated rings. The maximum absolute atomic E-state index is 11.9. The van der Waals surface area contributed by atoms with Gasteiger partial charge < -0.3 is 24.7 Å². The van der Waals surface area contributed by atoms with Crippen LogP contribution in [-0.2, 0) is 0 Å². The predicted octanol–water partition coefficient (Wildman–Crippen LogP) is 3.23. The van der Waals surface area contributed by atoms with E-state index in [2.05, 4.69) is 36.0 Å². The highest BCUT2D eigenvalue weighted by molar-refractivity contribution is 5.86. The molecule has 1 atom stereocenters. The first kappa shape index (κ1) is 21.2. The van der Waals surface area contributed by atoms with Gasteiger partial charge >= 0.3 is 5.63 Å². The molecular weight excluding hydrogens is 438 g/mol. The third-order valence-electron chi connectivity index (χ3n) is 5.23. The quantitative estimate of drug-likeness (QED) is 0.330. The van der Waals surface area contributed by atoms with E-state index in [4.69, 9.17) is 8.94 Å². The number of anilines is 3. The van der Waals surface area contributed by atoms with Crippen molar-refractivity contribution >= 4 is 28.2 Å². The van der Waals surface area contributed by atoms with Gasteiger partial charge in [0.15, 0.2) is 0 Å². The second-order valence-electron chi connectivity index (χ2n) is 7.43. The molecule has 0 aliphatic rings. The lowest BCUT2D eigenvalue weighted by Gasteiger charge is -2.19. The fourth-order valence-corrected chi connectivity index (χ4v) is 3.52. The molecule has 0 aliphatic carbocycles. The average molecular weight is 457 g/mol. The van der Waals surface area contributed by atoms with Crippen LogP contribution in [0.1, 0.15) is 17.3 Å². The Balaban J connectivity index is 1.51. The Morgan fingerprint density at radius 1 is 1.12 bits per heavy atom. The Bertz CT molecular complexity index is 1490. The molecule has 3 aromatic heterocycles. The van der Waals surface area contributed by atoms with Crippen molar-refractivity contribution in [2.45, 2.75) is 13.0 Å². The number of hydrogen-bond donors (Lipinski definition) is 3. The zero-order valence-corrected chi connectivity index (χ0v) is 18.0. The van der Waals surface area contributed by atoms with Gasteiger partial charge in [0, 0.05) is 17.3 Å². The number of aliphatic hydroxyl groups is 1. The number of aromatic nitrogens is 5. The van der Waals surface area contributed by atoms with Gasteiger partial charge in [0.25, 0.3) is 5.89 Å². The van der Waals surface area contributed by atoms with Crippen molar-refractivity contribution in [1.82, 2.24) is 25.3 Å². The highest BCUT2D eigenvalue weighted by Gasteiger charge is 2.18. The van der Waals surface area contributed by atoms with Crippen molar-refractivity contribution in [3.63, 3.8) is 0 Å². The predicted molar refractivity (Wildman–Crippen MR) is 124 cm³/mol. The van der Waals surface area contributed by atoms with E-state index in [1.165, 1.54) is 6.39 Å². The van der Waals surface area contributed by atoms with Gasteiger partial charge in [0.2, 0.25) is 12.3 Å². The van der Waals surface area contributed by atoms with Crippen molar-refractivity contribution in [3.05, 3.63) is 82.8 Å². The van der Waals surface area contributed by atoms with E-state index in [0.29, 0.717) is 33.5 Å². The summed E-state index contributed by atoms with van der Waals surface area (Å²) in [6, 6.07) is 14.2. The molecule has 2 aromatic carbocycles. The van der Waals surface area contributed by atoms with Gasteiger partial charge in [-0.2, -0.15) is 4.98 Å². The minimum Gasteiger partial charge on any atom is -0.423 e. The highest BCUT2D eigenvalue weighted by Crippen LogP contribution is 2.29. The van der Waals surface area contributed by atoms with E-state index in [9.17, 15) is 9.90 Å². The van der Waals surface area contributed by atoms with Crippen LogP contribution in [0, 0.1) is 6.92 Å². The molecule has 0 spiro atoms. The zero-order valence-electron chi connectivity index (χ0n) is 18.0. The summed E-state index contributed by atoms with van der Waals surface area (Å²) >= 11 is 0. The first-order valence-electron chi connectivity index (χ1n) is 10.4. The van der Waals surface area contributed by atoms with Gasteiger partial charge in [-0.15, -0.1) is 10.2 Å². The SMILES string of the molecule is Cc1noc(=O)c2ccc(Nc3ncc(-c4nnco4)c(N[C@H](CO)c4ccccc4)n3)cc12. The third kappa shape index (κ3) is 4.19. The van der Waals surface area contributed by atoms with Crippen LogP contribution in [0.3, 0.4) is 0 Å². The van der Waals surface area contributed by atoms with Crippen LogP contribution in [0.15, 0.2) is 74.9 Å². The second kappa shape index (κ2) is 9.08. The van der Waals surface area contributed by atoms with E-state index in [0.717, 1.165) is 5.56 Å². The number of aryl methyl sites for hydroxylation is 1. The van der Waals surface area contributed by atoms with Crippen molar-refractivity contribution in [2.75, 3.05) is 17.2 Å². The number of nitrogens with zero attached hydrogens (tertiary/aromatic N) is 5. The van der Waals surface area contributed by atoms with Crippen LogP contribution >= 0.6 is 0 Å². The Kier molecular flexibility index (Phi) is 5.67. The number of hydrogen-bond acceptors (Lipinski definition) is 11. The normalized spacial score (nSPS) is 11.9. The van der Waals surface area contributed by atoms with Crippen LogP contribution in [0.4, 0.5) is 17.5 Å². The molecule has 0 radical (unpaired) electrons. The number of benzene rings is 2. The topological polar surface area (TPSA) is 152 Å². The van der Waals surface area contributed by atoms with Crippen LogP contribution < -0.4 is 16.3 Å². The monoisotopic (exact) mass is 457 g/mol. The summed E-state index contributed by atoms with van der Waals surface area (Å²) < 4.78 is 10.1. The van der Waals surface area contributed by atoms with E-state index < -0.39 is 11.7 Å². The van der Waals surface area contributed by atoms with E-state index in [-0.39, 0.29) is 18.4 Å².